The van der Waals surface area contributed by atoms with E-state index in [1.165, 1.54) is 19.2 Å². The maximum Gasteiger partial charge on any atom is 0.257 e. The molecule has 1 aliphatic rings. The molecule has 0 aliphatic carbocycles. The van der Waals surface area contributed by atoms with Crippen LogP contribution in [0.15, 0.2) is 47.4 Å². The van der Waals surface area contributed by atoms with Crippen LogP contribution >= 0.6 is 0 Å². The summed E-state index contributed by atoms with van der Waals surface area (Å²) in [5.74, 6) is -0.0204. The largest absolute Gasteiger partial charge is 0.371 e. The smallest absolute Gasteiger partial charge is 0.257 e. The Morgan fingerprint density at radius 3 is 2.34 bits per heavy atom. The lowest BCUT2D eigenvalue weighted by Gasteiger charge is -2.24. The van der Waals surface area contributed by atoms with E-state index in [2.05, 4.69) is 17.1 Å². The van der Waals surface area contributed by atoms with Crippen molar-refractivity contribution in [3.05, 3.63) is 48.0 Å². The molecule has 2 aromatic carbocycles. The highest BCUT2D eigenvalue weighted by molar-refractivity contribution is 7.92. The minimum absolute atomic E-state index is 0.0952. The van der Waals surface area contributed by atoms with E-state index in [1.807, 2.05) is 6.07 Å². The monoisotopic (exact) mass is 564 g/mol. The molecule has 1 aliphatic heterocycles. The van der Waals surface area contributed by atoms with Gasteiger partial charge in [0.15, 0.2) is 9.84 Å². The molecule has 1 saturated heterocycles. The molecule has 1 heterocycles. The highest BCUT2D eigenvalue weighted by Crippen LogP contribution is 2.31. The van der Waals surface area contributed by atoms with Crippen LogP contribution in [0.25, 0.3) is 0 Å². The Balaban J connectivity index is 1.80. The third-order valence-electron chi connectivity index (χ3n) is 7.03. The van der Waals surface area contributed by atoms with Crippen LogP contribution in [-0.4, -0.2) is 61.4 Å². The van der Waals surface area contributed by atoms with Gasteiger partial charge in [-0.15, -0.1) is 0 Å². The van der Waals surface area contributed by atoms with Crippen molar-refractivity contribution < 1.29 is 21.6 Å². The predicted octanol–water partition coefficient (Wildman–Crippen LogP) is 3.86. The van der Waals surface area contributed by atoms with Gasteiger partial charge in [-0.2, -0.15) is 0 Å². The maximum atomic E-state index is 13.4. The zero-order chi connectivity index (χ0) is 27.9. The van der Waals surface area contributed by atoms with Crippen LogP contribution in [0.5, 0.6) is 0 Å². The maximum absolute atomic E-state index is 13.4. The number of sulfone groups is 1. The van der Waals surface area contributed by atoms with Crippen molar-refractivity contribution in [3.63, 3.8) is 0 Å². The van der Waals surface area contributed by atoms with Gasteiger partial charge < -0.3 is 16.0 Å². The standard InChI is InChI=1S/C27H40N4O5S2/c1-4-5-6-7-8-17-38(35,36)24-12-9-22(10-13-24)29-27(32)25-18-23(31-16-15-21(19-28)20-31)11-14-26(25)30(2)37(3,33)34/h9-14,18,21H,4-8,15-17,19-20,28H2,1-3H3,(H,29,32)/t21-/m1/s1. The molecule has 9 nitrogen and oxygen atoms in total. The molecule has 0 unspecified atom stereocenters. The molecular formula is C27H40N4O5S2. The Hall–Kier alpha value is -2.63. The number of anilines is 3. The van der Waals surface area contributed by atoms with Crippen LogP contribution in [-0.2, 0) is 19.9 Å². The molecule has 11 heteroatoms. The van der Waals surface area contributed by atoms with Crippen LogP contribution in [0.4, 0.5) is 17.1 Å². The van der Waals surface area contributed by atoms with Gasteiger partial charge in [0.05, 0.1) is 28.2 Å². The predicted molar refractivity (Wildman–Crippen MR) is 154 cm³/mol. The summed E-state index contributed by atoms with van der Waals surface area (Å²) in [6.45, 7) is 4.28. The van der Waals surface area contributed by atoms with Crippen LogP contribution in [0.1, 0.15) is 55.8 Å². The minimum atomic E-state index is -3.61. The molecule has 0 spiro atoms. The lowest BCUT2D eigenvalue weighted by atomic mass is 10.1. The number of nitrogens with two attached hydrogens (primary N) is 1. The molecule has 210 valence electrons. The highest BCUT2D eigenvalue weighted by atomic mass is 32.2. The first-order valence-electron chi connectivity index (χ1n) is 13.1. The number of hydrogen-bond donors (Lipinski definition) is 2. The quantitative estimate of drug-likeness (QED) is 0.353. The van der Waals surface area contributed by atoms with Crippen molar-refractivity contribution in [3.8, 4) is 0 Å². The van der Waals surface area contributed by atoms with E-state index >= 15 is 0 Å². The lowest BCUT2D eigenvalue weighted by molar-refractivity contribution is 0.102. The van der Waals surface area contributed by atoms with Gasteiger partial charge in [0.1, 0.15) is 0 Å². The molecule has 1 atom stereocenters. The Morgan fingerprint density at radius 2 is 1.74 bits per heavy atom. The van der Waals surface area contributed by atoms with Crippen molar-refractivity contribution >= 4 is 42.8 Å². The second-order valence-corrected chi connectivity index (χ2v) is 14.1. The number of hydrogen-bond acceptors (Lipinski definition) is 7. The molecule has 1 fully saturated rings. The van der Waals surface area contributed by atoms with Gasteiger partial charge in [-0.25, -0.2) is 16.8 Å². The van der Waals surface area contributed by atoms with Crippen LogP contribution in [0.3, 0.4) is 0 Å². The lowest BCUT2D eigenvalue weighted by Crippen LogP contribution is -2.28. The average Bonchev–Trinajstić information content (AvgIpc) is 3.37. The molecule has 0 bridgehead atoms. The number of rotatable bonds is 13. The second kappa shape index (κ2) is 12.9. The van der Waals surface area contributed by atoms with Crippen molar-refractivity contribution in [1.29, 1.82) is 0 Å². The topological polar surface area (TPSA) is 130 Å². The van der Waals surface area contributed by atoms with Gasteiger partial charge in [-0.1, -0.05) is 32.6 Å². The van der Waals surface area contributed by atoms with Crippen molar-refractivity contribution in [2.24, 2.45) is 11.7 Å². The molecule has 0 aromatic heterocycles. The number of nitrogens with zero attached hydrogens (tertiary/aromatic N) is 2. The van der Waals surface area contributed by atoms with Crippen molar-refractivity contribution in [1.82, 2.24) is 0 Å². The summed E-state index contributed by atoms with van der Waals surface area (Å²) >= 11 is 0. The summed E-state index contributed by atoms with van der Waals surface area (Å²) in [6, 6.07) is 11.2. The van der Waals surface area contributed by atoms with Crippen LogP contribution in [0, 0.1) is 5.92 Å². The molecule has 2 aromatic rings. The number of amides is 1. The number of benzene rings is 2. The van der Waals surface area contributed by atoms with Gasteiger partial charge in [0.2, 0.25) is 10.0 Å². The summed E-state index contributed by atoms with van der Waals surface area (Å²) in [4.78, 5) is 15.7. The fraction of sp³-hybridized carbons (Fsp3) is 0.519. The summed E-state index contributed by atoms with van der Waals surface area (Å²) in [6.07, 6.45) is 6.77. The number of nitrogens with one attached hydrogen (secondary N) is 1. The van der Waals surface area contributed by atoms with E-state index in [9.17, 15) is 21.6 Å². The molecule has 38 heavy (non-hydrogen) atoms. The van der Waals surface area contributed by atoms with Gasteiger partial charge in [-0.05, 0) is 67.8 Å². The van der Waals surface area contributed by atoms with Gasteiger partial charge >= 0.3 is 0 Å². The molecule has 0 saturated carbocycles. The van der Waals surface area contributed by atoms with E-state index in [0.717, 1.165) is 61.4 Å². The van der Waals surface area contributed by atoms with Crippen molar-refractivity contribution in [2.75, 3.05) is 53.2 Å². The minimum Gasteiger partial charge on any atom is -0.371 e. The first-order valence-corrected chi connectivity index (χ1v) is 16.6. The number of carbonyl (C=O) groups excluding carboxylic acids is 1. The Labute approximate surface area is 227 Å². The van der Waals surface area contributed by atoms with E-state index in [4.69, 9.17) is 5.73 Å². The number of unbranched alkanes of at least 4 members (excludes halogenated alkanes) is 4. The summed E-state index contributed by atoms with van der Waals surface area (Å²) in [5, 5.41) is 2.79. The normalized spacial score (nSPS) is 16.0. The molecular weight excluding hydrogens is 524 g/mol. The summed E-state index contributed by atoms with van der Waals surface area (Å²) in [5.41, 5.74) is 7.52. The van der Waals surface area contributed by atoms with E-state index in [-0.39, 0.29) is 21.9 Å². The molecule has 3 N–H and O–H groups in total. The Bertz CT molecular complexity index is 1310. The van der Waals surface area contributed by atoms with Crippen molar-refractivity contribution in [2.45, 2.75) is 50.3 Å². The molecule has 0 radical (unpaired) electrons. The average molecular weight is 565 g/mol. The van der Waals surface area contributed by atoms with Gasteiger partial charge in [-0.3, -0.25) is 9.10 Å². The number of carbonyl (C=O) groups is 1. The zero-order valence-electron chi connectivity index (χ0n) is 22.5. The first-order chi connectivity index (χ1) is 18.0. The Morgan fingerprint density at radius 1 is 1.05 bits per heavy atom. The summed E-state index contributed by atoms with van der Waals surface area (Å²) in [7, 11) is -5.60. The molecule has 3 rings (SSSR count). The second-order valence-electron chi connectivity index (χ2n) is 9.98. The van der Waals surface area contributed by atoms with E-state index in [1.54, 1.807) is 24.3 Å². The van der Waals surface area contributed by atoms with Gasteiger partial charge in [0, 0.05) is 31.5 Å². The van der Waals surface area contributed by atoms with Gasteiger partial charge in [0.25, 0.3) is 5.91 Å². The van der Waals surface area contributed by atoms with E-state index < -0.39 is 25.8 Å². The SMILES string of the molecule is CCCCCCCS(=O)(=O)c1ccc(NC(=O)c2cc(N3CC[C@H](CN)C3)ccc2N(C)S(C)(=O)=O)cc1. The zero-order valence-corrected chi connectivity index (χ0v) is 24.2. The fourth-order valence-electron chi connectivity index (χ4n) is 4.57. The first kappa shape index (κ1) is 29.9. The number of sulfonamides is 1. The van der Waals surface area contributed by atoms with E-state index in [0.29, 0.717) is 24.6 Å². The Kier molecular flexibility index (Phi) is 10.2. The molecule has 1 amide bonds. The summed E-state index contributed by atoms with van der Waals surface area (Å²) < 4.78 is 51.0. The van der Waals surface area contributed by atoms with Crippen LogP contribution < -0.4 is 20.3 Å². The highest BCUT2D eigenvalue weighted by Gasteiger charge is 2.25. The fourth-order valence-corrected chi connectivity index (χ4v) is 6.46. The van der Waals surface area contributed by atoms with Crippen LogP contribution in [0.2, 0.25) is 0 Å². The third-order valence-corrected chi connectivity index (χ3v) is 10.0. The third kappa shape index (κ3) is 7.70.